The highest BCUT2D eigenvalue weighted by Gasteiger charge is 2.39. The maximum Gasteiger partial charge on any atom is 0.240 e. The summed E-state index contributed by atoms with van der Waals surface area (Å²) in [6.45, 7) is 0.411. The van der Waals surface area contributed by atoms with E-state index < -0.39 is 5.41 Å². The number of rotatable bonds is 4. The van der Waals surface area contributed by atoms with Gasteiger partial charge in [0, 0.05) is 12.1 Å². The van der Waals surface area contributed by atoms with Crippen LogP contribution in [-0.2, 0) is 11.3 Å². The van der Waals surface area contributed by atoms with Crippen LogP contribution in [0.2, 0.25) is 0 Å². The minimum Gasteiger partial charge on any atom is -0.351 e. The van der Waals surface area contributed by atoms with Crippen LogP contribution >= 0.6 is 0 Å². The number of benzene rings is 1. The first-order chi connectivity index (χ1) is 11.2. The van der Waals surface area contributed by atoms with E-state index in [0.717, 1.165) is 30.4 Å². The Balaban J connectivity index is 1.62. The van der Waals surface area contributed by atoms with Gasteiger partial charge in [0.2, 0.25) is 11.7 Å². The zero-order chi connectivity index (χ0) is 16.1. The summed E-state index contributed by atoms with van der Waals surface area (Å²) in [5, 5.41) is 26.1. The molecule has 1 aliphatic rings. The highest BCUT2D eigenvalue weighted by atomic mass is 16.2. The molecule has 7 nitrogen and oxygen atoms in total. The molecule has 2 aromatic rings. The summed E-state index contributed by atoms with van der Waals surface area (Å²) in [5.41, 5.74) is 0.979. The Morgan fingerprint density at radius 2 is 2.00 bits per heavy atom. The largest absolute Gasteiger partial charge is 0.351 e. The van der Waals surface area contributed by atoms with Gasteiger partial charge in [-0.1, -0.05) is 43.5 Å². The van der Waals surface area contributed by atoms with E-state index in [-0.39, 0.29) is 5.91 Å². The molecule has 0 saturated heterocycles. The fraction of sp³-hybridized carbons (Fsp3) is 0.438. The molecule has 0 unspecified atom stereocenters. The number of hydrogen-bond donors (Lipinski definition) is 2. The van der Waals surface area contributed by atoms with Crippen molar-refractivity contribution in [3.63, 3.8) is 0 Å². The second-order valence-electron chi connectivity index (χ2n) is 5.87. The Morgan fingerprint density at radius 3 is 2.61 bits per heavy atom. The van der Waals surface area contributed by atoms with E-state index in [4.69, 9.17) is 0 Å². The minimum absolute atomic E-state index is 0.151. The van der Waals surface area contributed by atoms with Crippen LogP contribution < -0.4 is 5.32 Å². The Bertz CT molecular complexity index is 695. The van der Waals surface area contributed by atoms with Gasteiger partial charge in [-0.15, -0.1) is 10.2 Å². The number of nitrogens with zero attached hydrogens (tertiary/aromatic N) is 4. The van der Waals surface area contributed by atoms with Gasteiger partial charge in [-0.25, -0.2) is 0 Å². The number of H-pyrrole nitrogens is 1. The molecule has 0 spiro atoms. The molecule has 1 amide bonds. The van der Waals surface area contributed by atoms with Gasteiger partial charge in [-0.3, -0.25) is 4.79 Å². The van der Waals surface area contributed by atoms with Crippen molar-refractivity contribution in [2.45, 2.75) is 38.6 Å². The lowest BCUT2D eigenvalue weighted by Gasteiger charge is -2.29. The Hall–Kier alpha value is -2.75. The average molecular weight is 310 g/mol. The first-order valence-electron chi connectivity index (χ1n) is 7.76. The van der Waals surface area contributed by atoms with Gasteiger partial charge in [0.25, 0.3) is 0 Å². The number of amides is 1. The second kappa shape index (κ2) is 6.57. The van der Waals surface area contributed by atoms with Gasteiger partial charge < -0.3 is 5.32 Å². The summed E-state index contributed by atoms with van der Waals surface area (Å²) >= 11 is 0. The second-order valence-corrected chi connectivity index (χ2v) is 5.87. The molecule has 1 aromatic carbocycles. The Morgan fingerprint density at radius 1 is 1.26 bits per heavy atom. The molecule has 1 saturated carbocycles. The Labute approximate surface area is 134 Å². The quantitative estimate of drug-likeness (QED) is 0.897. The number of nitriles is 1. The summed E-state index contributed by atoms with van der Waals surface area (Å²) < 4.78 is 0. The summed E-state index contributed by atoms with van der Waals surface area (Å²) in [4.78, 5) is 12.4. The topological polar surface area (TPSA) is 107 Å². The van der Waals surface area contributed by atoms with E-state index in [9.17, 15) is 10.1 Å². The lowest BCUT2D eigenvalue weighted by Crippen LogP contribution is -2.41. The molecule has 1 aromatic heterocycles. The van der Waals surface area contributed by atoms with E-state index >= 15 is 0 Å². The normalized spacial score (nSPS) is 16.5. The lowest BCUT2D eigenvalue weighted by atomic mass is 9.74. The molecule has 1 fully saturated rings. The number of carbonyl (C=O) groups excluding carboxylic acids is 1. The summed E-state index contributed by atoms with van der Waals surface area (Å²) in [5.74, 6) is 0.383. The van der Waals surface area contributed by atoms with Gasteiger partial charge in [0.05, 0.1) is 6.07 Å². The van der Waals surface area contributed by atoms with Crippen molar-refractivity contribution in [3.05, 3.63) is 29.8 Å². The molecule has 2 N–H and O–H groups in total. The van der Waals surface area contributed by atoms with Crippen molar-refractivity contribution in [1.82, 2.24) is 25.9 Å². The molecule has 7 heteroatoms. The fourth-order valence-electron chi connectivity index (χ4n) is 2.95. The molecule has 1 heterocycles. The highest BCUT2D eigenvalue weighted by Crippen LogP contribution is 2.35. The van der Waals surface area contributed by atoms with Crippen LogP contribution in [0.3, 0.4) is 0 Å². The first-order valence-corrected chi connectivity index (χ1v) is 7.76. The molecule has 118 valence electrons. The summed E-state index contributed by atoms with van der Waals surface area (Å²) in [7, 11) is 0. The van der Waals surface area contributed by atoms with Gasteiger partial charge in [-0.05, 0) is 23.6 Å². The predicted octanol–water partition coefficient (Wildman–Crippen LogP) is 1.96. The standard InChI is InChI=1S/C16H18N6O/c17-11-16(8-2-1-3-9-16)15(23)18-10-12-4-6-13(7-5-12)14-19-21-22-20-14/h4-7H,1-3,8-10H2,(H,18,23)(H,19,20,21,22). The van der Waals surface area contributed by atoms with E-state index in [2.05, 4.69) is 32.0 Å². The van der Waals surface area contributed by atoms with Crippen LogP contribution in [0.25, 0.3) is 11.4 Å². The molecular weight excluding hydrogens is 292 g/mol. The zero-order valence-corrected chi connectivity index (χ0v) is 12.7. The van der Waals surface area contributed by atoms with Crippen molar-refractivity contribution < 1.29 is 4.79 Å². The summed E-state index contributed by atoms with van der Waals surface area (Å²) in [6.07, 6.45) is 4.31. The van der Waals surface area contributed by atoms with Gasteiger partial charge in [0.15, 0.2) is 0 Å². The van der Waals surface area contributed by atoms with Gasteiger partial charge in [0.1, 0.15) is 5.41 Å². The Kier molecular flexibility index (Phi) is 4.33. The predicted molar refractivity (Wildman–Crippen MR) is 82.6 cm³/mol. The van der Waals surface area contributed by atoms with Crippen molar-refractivity contribution in [2.24, 2.45) is 5.41 Å². The van der Waals surface area contributed by atoms with E-state index in [1.54, 1.807) is 0 Å². The smallest absolute Gasteiger partial charge is 0.240 e. The number of aromatic amines is 1. The number of hydrogen-bond acceptors (Lipinski definition) is 5. The SMILES string of the molecule is N#CC1(C(=O)NCc2ccc(-c3nn[nH]n3)cc2)CCCCC1. The van der Waals surface area contributed by atoms with E-state index in [1.165, 1.54) is 0 Å². The van der Waals surface area contributed by atoms with Crippen molar-refractivity contribution in [2.75, 3.05) is 0 Å². The molecular formula is C16H18N6O. The van der Waals surface area contributed by atoms with Crippen LogP contribution in [0.1, 0.15) is 37.7 Å². The maximum absolute atomic E-state index is 12.4. The number of carbonyl (C=O) groups is 1. The third-order valence-electron chi connectivity index (χ3n) is 4.37. The number of nitrogens with one attached hydrogen (secondary N) is 2. The third kappa shape index (κ3) is 3.21. The number of aromatic nitrogens is 4. The van der Waals surface area contributed by atoms with Crippen molar-refractivity contribution >= 4 is 5.91 Å². The molecule has 0 aliphatic heterocycles. The molecule has 0 bridgehead atoms. The van der Waals surface area contributed by atoms with Gasteiger partial charge >= 0.3 is 0 Å². The van der Waals surface area contributed by atoms with Gasteiger partial charge in [-0.2, -0.15) is 10.5 Å². The zero-order valence-electron chi connectivity index (χ0n) is 12.7. The molecule has 1 aliphatic carbocycles. The average Bonchev–Trinajstić information content (AvgIpc) is 3.15. The van der Waals surface area contributed by atoms with Crippen LogP contribution in [0.4, 0.5) is 0 Å². The van der Waals surface area contributed by atoms with E-state index in [0.29, 0.717) is 25.2 Å². The first kappa shape index (κ1) is 15.2. The summed E-state index contributed by atoms with van der Waals surface area (Å²) in [6, 6.07) is 9.82. The number of tetrazole rings is 1. The molecule has 0 radical (unpaired) electrons. The fourth-order valence-corrected chi connectivity index (χ4v) is 2.95. The maximum atomic E-state index is 12.4. The molecule has 3 rings (SSSR count). The van der Waals surface area contributed by atoms with Crippen molar-refractivity contribution in [1.29, 1.82) is 5.26 Å². The van der Waals surface area contributed by atoms with Crippen LogP contribution in [0.5, 0.6) is 0 Å². The van der Waals surface area contributed by atoms with Crippen LogP contribution in [0, 0.1) is 16.7 Å². The van der Waals surface area contributed by atoms with Crippen LogP contribution in [-0.4, -0.2) is 26.5 Å². The van der Waals surface area contributed by atoms with Crippen LogP contribution in [0.15, 0.2) is 24.3 Å². The van der Waals surface area contributed by atoms with Crippen molar-refractivity contribution in [3.8, 4) is 17.5 Å². The monoisotopic (exact) mass is 310 g/mol. The highest BCUT2D eigenvalue weighted by molar-refractivity contribution is 5.85. The molecule has 0 atom stereocenters. The molecule has 23 heavy (non-hydrogen) atoms. The lowest BCUT2D eigenvalue weighted by molar-refractivity contribution is -0.129. The minimum atomic E-state index is -0.844. The third-order valence-corrected chi connectivity index (χ3v) is 4.37. The van der Waals surface area contributed by atoms with E-state index in [1.807, 2.05) is 24.3 Å².